The van der Waals surface area contributed by atoms with Crippen molar-refractivity contribution in [3.05, 3.63) is 64.1 Å². The van der Waals surface area contributed by atoms with E-state index in [1.807, 2.05) is 47.8 Å². The van der Waals surface area contributed by atoms with Crippen molar-refractivity contribution in [2.75, 3.05) is 0 Å². The summed E-state index contributed by atoms with van der Waals surface area (Å²) in [6.07, 6.45) is 1.42. The second kappa shape index (κ2) is 5.16. The molecule has 2 aromatic heterocycles. The molecule has 0 atom stereocenters. The lowest BCUT2D eigenvalue weighted by molar-refractivity contribution is 0.111. The van der Waals surface area contributed by atoms with Gasteiger partial charge in [-0.25, -0.2) is 4.68 Å². The zero-order chi connectivity index (χ0) is 13.1. The molecule has 4 nitrogen and oxygen atoms in total. The standard InChI is InChI=1S/C14H11N3OS/c18-10-13-14(9-12-7-4-8-19-12)17(16-15-13)11-5-2-1-3-6-11/h1-8,10H,9H2. The van der Waals surface area contributed by atoms with E-state index in [0.717, 1.165) is 17.7 Å². The van der Waals surface area contributed by atoms with Crippen LogP contribution >= 0.6 is 11.3 Å². The summed E-state index contributed by atoms with van der Waals surface area (Å²) in [6.45, 7) is 0. The first-order valence-electron chi connectivity index (χ1n) is 5.86. The molecule has 0 spiro atoms. The molecule has 0 saturated heterocycles. The number of rotatable bonds is 4. The molecule has 0 fully saturated rings. The van der Waals surface area contributed by atoms with Crippen molar-refractivity contribution in [2.24, 2.45) is 0 Å². The van der Waals surface area contributed by atoms with Gasteiger partial charge in [-0.3, -0.25) is 4.79 Å². The lowest BCUT2D eigenvalue weighted by atomic mass is 10.2. The van der Waals surface area contributed by atoms with Crippen LogP contribution in [-0.4, -0.2) is 21.3 Å². The quantitative estimate of drug-likeness (QED) is 0.684. The number of aromatic nitrogens is 3. The van der Waals surface area contributed by atoms with Crippen molar-refractivity contribution in [1.29, 1.82) is 0 Å². The van der Waals surface area contributed by atoms with Crippen LogP contribution in [0.3, 0.4) is 0 Å². The summed E-state index contributed by atoms with van der Waals surface area (Å²) in [5, 5.41) is 10.0. The number of hydrogen-bond acceptors (Lipinski definition) is 4. The van der Waals surface area contributed by atoms with Crippen LogP contribution in [0.2, 0.25) is 0 Å². The van der Waals surface area contributed by atoms with E-state index in [9.17, 15) is 4.79 Å². The molecular weight excluding hydrogens is 258 g/mol. The van der Waals surface area contributed by atoms with E-state index in [0.29, 0.717) is 12.1 Å². The average Bonchev–Trinajstić information content (AvgIpc) is 3.10. The number of carbonyl (C=O) groups is 1. The summed E-state index contributed by atoms with van der Waals surface area (Å²) < 4.78 is 1.73. The highest BCUT2D eigenvalue weighted by atomic mass is 32.1. The maximum Gasteiger partial charge on any atom is 0.172 e. The highest BCUT2D eigenvalue weighted by Gasteiger charge is 2.14. The number of benzene rings is 1. The largest absolute Gasteiger partial charge is 0.296 e. The lowest BCUT2D eigenvalue weighted by Crippen LogP contribution is -2.03. The van der Waals surface area contributed by atoms with Crippen molar-refractivity contribution in [3.63, 3.8) is 0 Å². The molecular formula is C14H11N3OS. The Morgan fingerprint density at radius 2 is 2.00 bits per heavy atom. The maximum atomic E-state index is 11.1. The van der Waals surface area contributed by atoms with Gasteiger partial charge >= 0.3 is 0 Å². The minimum absolute atomic E-state index is 0.400. The van der Waals surface area contributed by atoms with Gasteiger partial charge < -0.3 is 0 Å². The van der Waals surface area contributed by atoms with E-state index in [4.69, 9.17) is 0 Å². The van der Waals surface area contributed by atoms with Gasteiger partial charge in [0.05, 0.1) is 11.4 Å². The fourth-order valence-electron chi connectivity index (χ4n) is 1.93. The van der Waals surface area contributed by atoms with Gasteiger partial charge in [0.2, 0.25) is 0 Å². The topological polar surface area (TPSA) is 47.8 Å². The molecule has 0 N–H and O–H groups in total. The first kappa shape index (κ1) is 11.8. The van der Waals surface area contributed by atoms with Crippen molar-refractivity contribution in [1.82, 2.24) is 15.0 Å². The first-order valence-corrected chi connectivity index (χ1v) is 6.74. The Kier molecular flexibility index (Phi) is 3.20. The van der Waals surface area contributed by atoms with E-state index < -0.39 is 0 Å². The van der Waals surface area contributed by atoms with E-state index in [1.165, 1.54) is 4.88 Å². The first-order chi connectivity index (χ1) is 9.38. The van der Waals surface area contributed by atoms with E-state index in [2.05, 4.69) is 10.3 Å². The number of para-hydroxylation sites is 1. The summed E-state index contributed by atoms with van der Waals surface area (Å²) >= 11 is 1.66. The molecule has 0 aliphatic rings. The molecule has 5 heteroatoms. The smallest absolute Gasteiger partial charge is 0.172 e. The van der Waals surface area contributed by atoms with Gasteiger partial charge in [0.25, 0.3) is 0 Å². The molecule has 0 amide bonds. The van der Waals surface area contributed by atoms with E-state index >= 15 is 0 Å². The van der Waals surface area contributed by atoms with Crippen molar-refractivity contribution >= 4 is 17.6 Å². The van der Waals surface area contributed by atoms with Crippen molar-refractivity contribution < 1.29 is 4.79 Å². The van der Waals surface area contributed by atoms with Crippen LogP contribution in [0.1, 0.15) is 21.1 Å². The Hall–Kier alpha value is -2.27. The highest BCUT2D eigenvalue weighted by molar-refractivity contribution is 7.09. The van der Waals surface area contributed by atoms with Crippen LogP contribution in [0.4, 0.5) is 0 Å². The molecule has 2 heterocycles. The van der Waals surface area contributed by atoms with Crippen LogP contribution in [0, 0.1) is 0 Å². The number of nitrogens with zero attached hydrogens (tertiary/aromatic N) is 3. The number of thiophene rings is 1. The van der Waals surface area contributed by atoms with Gasteiger partial charge in [-0.2, -0.15) is 0 Å². The van der Waals surface area contributed by atoms with Gasteiger partial charge in [-0.1, -0.05) is 29.5 Å². The predicted molar refractivity (Wildman–Crippen MR) is 73.9 cm³/mol. The molecule has 0 aliphatic carbocycles. The van der Waals surface area contributed by atoms with Crippen LogP contribution in [-0.2, 0) is 6.42 Å². The zero-order valence-electron chi connectivity index (χ0n) is 10.1. The lowest BCUT2D eigenvalue weighted by Gasteiger charge is -2.05. The van der Waals surface area contributed by atoms with Gasteiger partial charge in [0.15, 0.2) is 6.29 Å². The minimum Gasteiger partial charge on any atom is -0.296 e. The fraction of sp³-hybridized carbons (Fsp3) is 0.0714. The monoisotopic (exact) mass is 269 g/mol. The zero-order valence-corrected chi connectivity index (χ0v) is 10.9. The van der Waals surface area contributed by atoms with Gasteiger partial charge in [0.1, 0.15) is 5.69 Å². The molecule has 0 aliphatic heterocycles. The second-order valence-corrected chi connectivity index (χ2v) is 5.07. The summed E-state index contributed by atoms with van der Waals surface area (Å²) in [7, 11) is 0. The van der Waals surface area contributed by atoms with Gasteiger partial charge in [0, 0.05) is 11.3 Å². The van der Waals surface area contributed by atoms with Crippen LogP contribution in [0.5, 0.6) is 0 Å². The summed E-state index contributed by atoms with van der Waals surface area (Å²) in [5.74, 6) is 0. The third-order valence-electron chi connectivity index (χ3n) is 2.83. The summed E-state index contributed by atoms with van der Waals surface area (Å²) in [5.41, 5.74) is 2.13. The molecule has 1 aromatic carbocycles. The van der Waals surface area contributed by atoms with Crippen LogP contribution in [0.15, 0.2) is 47.8 Å². The Morgan fingerprint density at radius 1 is 1.16 bits per heavy atom. The second-order valence-electron chi connectivity index (χ2n) is 4.04. The fourth-order valence-corrected chi connectivity index (χ4v) is 2.63. The summed E-state index contributed by atoms with van der Waals surface area (Å²) in [6, 6.07) is 13.8. The van der Waals surface area contributed by atoms with Crippen LogP contribution in [0.25, 0.3) is 5.69 Å². The molecule has 19 heavy (non-hydrogen) atoms. The Balaban J connectivity index is 2.06. The molecule has 0 saturated carbocycles. The van der Waals surface area contributed by atoms with E-state index in [1.54, 1.807) is 16.0 Å². The molecule has 0 unspecified atom stereocenters. The molecule has 3 aromatic rings. The number of aldehydes is 1. The molecule has 94 valence electrons. The van der Waals surface area contributed by atoms with Gasteiger partial charge in [-0.05, 0) is 23.6 Å². The third-order valence-corrected chi connectivity index (χ3v) is 3.70. The summed E-state index contributed by atoms with van der Waals surface area (Å²) in [4.78, 5) is 12.3. The normalized spacial score (nSPS) is 10.5. The molecule has 0 bridgehead atoms. The predicted octanol–water partition coefficient (Wildman–Crippen LogP) is 2.73. The number of carbonyl (C=O) groups excluding carboxylic acids is 1. The van der Waals surface area contributed by atoms with Crippen LogP contribution < -0.4 is 0 Å². The number of hydrogen-bond donors (Lipinski definition) is 0. The highest BCUT2D eigenvalue weighted by Crippen LogP contribution is 2.18. The molecule has 0 radical (unpaired) electrons. The Labute approximate surface area is 114 Å². The maximum absolute atomic E-state index is 11.1. The van der Waals surface area contributed by atoms with E-state index in [-0.39, 0.29) is 0 Å². The Bertz CT molecular complexity index is 674. The Morgan fingerprint density at radius 3 is 2.68 bits per heavy atom. The minimum atomic E-state index is 0.400. The molecule has 3 rings (SSSR count). The average molecular weight is 269 g/mol. The third kappa shape index (κ3) is 2.32. The SMILES string of the molecule is O=Cc1nnn(-c2ccccc2)c1Cc1cccs1. The van der Waals surface area contributed by atoms with Crippen molar-refractivity contribution in [2.45, 2.75) is 6.42 Å². The van der Waals surface area contributed by atoms with Crippen molar-refractivity contribution in [3.8, 4) is 5.69 Å². The van der Waals surface area contributed by atoms with Gasteiger partial charge in [-0.15, -0.1) is 16.4 Å².